The number of benzene rings is 1. The van der Waals surface area contributed by atoms with Crippen LogP contribution in [0.15, 0.2) is 24.3 Å². The molecular weight excluding hydrogens is 268 g/mol. The molecule has 0 aliphatic carbocycles. The topological polar surface area (TPSA) is 69.0 Å². The molecule has 6 heteroatoms. The zero-order valence-corrected chi connectivity index (χ0v) is 12.0. The van der Waals surface area contributed by atoms with Crippen molar-refractivity contribution in [3.05, 3.63) is 41.5 Å². The van der Waals surface area contributed by atoms with Crippen molar-refractivity contribution >= 4 is 5.91 Å². The second-order valence-electron chi connectivity index (χ2n) is 5.09. The molecule has 1 aliphatic heterocycles. The molecule has 0 unspecified atom stereocenters. The normalized spacial score (nSPS) is 13.0. The lowest BCUT2D eigenvalue weighted by molar-refractivity contribution is -0.120. The van der Waals surface area contributed by atoms with Crippen molar-refractivity contribution in [1.29, 1.82) is 0 Å². The highest BCUT2D eigenvalue weighted by atomic mass is 16.5. The lowest BCUT2D eigenvalue weighted by Crippen LogP contribution is -2.26. The fourth-order valence-electron chi connectivity index (χ4n) is 2.55. The summed E-state index contributed by atoms with van der Waals surface area (Å²) in [6.45, 7) is 1.37. The summed E-state index contributed by atoms with van der Waals surface area (Å²) in [4.78, 5) is 12.0. The standard InChI is InChI=1S/C15H18N4O2/c1-21-12-5-2-4-11(8-12)9-15(20)16-10-14-18-17-13-6-3-7-19(13)14/h2,4-5,8H,3,6-7,9-10H2,1H3,(H,16,20). The van der Waals surface area contributed by atoms with E-state index in [1.165, 1.54) is 0 Å². The number of methoxy groups -OCH3 is 1. The number of nitrogens with zero attached hydrogens (tertiary/aromatic N) is 3. The molecule has 0 saturated heterocycles. The fraction of sp³-hybridized carbons (Fsp3) is 0.400. The van der Waals surface area contributed by atoms with Gasteiger partial charge >= 0.3 is 0 Å². The van der Waals surface area contributed by atoms with Gasteiger partial charge in [0, 0.05) is 13.0 Å². The maximum atomic E-state index is 12.0. The van der Waals surface area contributed by atoms with E-state index in [0.717, 1.165) is 42.3 Å². The molecule has 3 rings (SSSR count). The summed E-state index contributed by atoms with van der Waals surface area (Å²) in [5.74, 6) is 2.59. The minimum absolute atomic E-state index is 0.0291. The molecule has 1 aliphatic rings. The van der Waals surface area contributed by atoms with Gasteiger partial charge in [-0.3, -0.25) is 4.79 Å². The van der Waals surface area contributed by atoms with Crippen LogP contribution in [0.2, 0.25) is 0 Å². The third kappa shape index (κ3) is 3.04. The number of rotatable bonds is 5. The number of hydrogen-bond donors (Lipinski definition) is 1. The van der Waals surface area contributed by atoms with Gasteiger partial charge in [0.1, 0.15) is 11.6 Å². The van der Waals surface area contributed by atoms with E-state index in [4.69, 9.17) is 4.74 Å². The molecule has 2 heterocycles. The second-order valence-corrected chi connectivity index (χ2v) is 5.09. The molecule has 0 radical (unpaired) electrons. The Bertz CT molecular complexity index is 651. The molecule has 110 valence electrons. The SMILES string of the molecule is COc1cccc(CC(=O)NCc2nnc3n2CCC3)c1. The van der Waals surface area contributed by atoms with Gasteiger partial charge in [-0.05, 0) is 24.1 Å². The van der Waals surface area contributed by atoms with E-state index in [9.17, 15) is 4.79 Å². The minimum Gasteiger partial charge on any atom is -0.497 e. The first-order valence-corrected chi connectivity index (χ1v) is 7.07. The van der Waals surface area contributed by atoms with E-state index in [0.29, 0.717) is 13.0 Å². The Morgan fingerprint density at radius 2 is 2.33 bits per heavy atom. The number of hydrogen-bond acceptors (Lipinski definition) is 4. The molecule has 0 spiro atoms. The van der Waals surface area contributed by atoms with Crippen molar-refractivity contribution in [2.24, 2.45) is 0 Å². The highest BCUT2D eigenvalue weighted by Crippen LogP contribution is 2.14. The first kappa shape index (κ1) is 13.6. The zero-order valence-electron chi connectivity index (χ0n) is 12.0. The minimum atomic E-state index is -0.0291. The van der Waals surface area contributed by atoms with Crippen LogP contribution in [-0.4, -0.2) is 27.8 Å². The summed E-state index contributed by atoms with van der Waals surface area (Å²) in [6, 6.07) is 7.53. The Hall–Kier alpha value is -2.37. The second kappa shape index (κ2) is 5.95. The largest absolute Gasteiger partial charge is 0.497 e. The summed E-state index contributed by atoms with van der Waals surface area (Å²) in [7, 11) is 1.62. The van der Waals surface area contributed by atoms with E-state index in [2.05, 4.69) is 20.1 Å². The Morgan fingerprint density at radius 3 is 3.19 bits per heavy atom. The van der Waals surface area contributed by atoms with Crippen LogP contribution in [0.3, 0.4) is 0 Å². The van der Waals surface area contributed by atoms with Crippen LogP contribution in [0.1, 0.15) is 23.6 Å². The van der Waals surface area contributed by atoms with Gasteiger partial charge in [-0.1, -0.05) is 12.1 Å². The molecule has 6 nitrogen and oxygen atoms in total. The van der Waals surface area contributed by atoms with Crippen LogP contribution in [-0.2, 0) is 30.7 Å². The predicted molar refractivity (Wildman–Crippen MR) is 76.9 cm³/mol. The number of amides is 1. The third-order valence-electron chi connectivity index (χ3n) is 3.63. The molecule has 1 aromatic heterocycles. The Balaban J connectivity index is 1.56. The monoisotopic (exact) mass is 286 g/mol. The number of ether oxygens (including phenoxy) is 1. The number of aromatic nitrogens is 3. The van der Waals surface area contributed by atoms with Crippen LogP contribution < -0.4 is 10.1 Å². The van der Waals surface area contributed by atoms with E-state index in [1.54, 1.807) is 7.11 Å². The van der Waals surface area contributed by atoms with Gasteiger partial charge in [-0.2, -0.15) is 0 Å². The van der Waals surface area contributed by atoms with Crippen molar-refractivity contribution in [3.8, 4) is 5.75 Å². The highest BCUT2D eigenvalue weighted by Gasteiger charge is 2.17. The number of aryl methyl sites for hydroxylation is 1. The van der Waals surface area contributed by atoms with Gasteiger partial charge < -0.3 is 14.6 Å². The van der Waals surface area contributed by atoms with E-state index in [1.807, 2.05) is 24.3 Å². The van der Waals surface area contributed by atoms with Crippen molar-refractivity contribution < 1.29 is 9.53 Å². The Kier molecular flexibility index (Phi) is 3.85. The van der Waals surface area contributed by atoms with E-state index in [-0.39, 0.29) is 5.91 Å². The lowest BCUT2D eigenvalue weighted by Gasteiger charge is -2.07. The molecule has 0 saturated carbocycles. The summed E-state index contributed by atoms with van der Waals surface area (Å²) in [5, 5.41) is 11.1. The average Bonchev–Trinajstić information content (AvgIpc) is 3.09. The first-order chi connectivity index (χ1) is 10.3. The van der Waals surface area contributed by atoms with Gasteiger partial charge in [0.05, 0.1) is 20.1 Å². The molecule has 0 fully saturated rings. The van der Waals surface area contributed by atoms with Crippen molar-refractivity contribution in [2.45, 2.75) is 32.4 Å². The van der Waals surface area contributed by atoms with Crippen LogP contribution in [0, 0.1) is 0 Å². The number of nitrogens with one attached hydrogen (secondary N) is 1. The molecule has 1 N–H and O–H groups in total. The van der Waals surface area contributed by atoms with Crippen LogP contribution in [0.5, 0.6) is 5.75 Å². The van der Waals surface area contributed by atoms with Crippen molar-refractivity contribution in [3.63, 3.8) is 0 Å². The Morgan fingerprint density at radius 1 is 1.43 bits per heavy atom. The Labute approximate surface area is 123 Å². The van der Waals surface area contributed by atoms with Gasteiger partial charge in [0.2, 0.25) is 5.91 Å². The molecule has 0 bridgehead atoms. The van der Waals surface area contributed by atoms with E-state index < -0.39 is 0 Å². The average molecular weight is 286 g/mol. The molecule has 1 amide bonds. The maximum absolute atomic E-state index is 12.0. The van der Waals surface area contributed by atoms with Crippen LogP contribution >= 0.6 is 0 Å². The highest BCUT2D eigenvalue weighted by molar-refractivity contribution is 5.78. The maximum Gasteiger partial charge on any atom is 0.224 e. The van der Waals surface area contributed by atoms with Gasteiger partial charge in [-0.15, -0.1) is 10.2 Å². The number of fused-ring (bicyclic) bond motifs is 1. The first-order valence-electron chi connectivity index (χ1n) is 7.07. The quantitative estimate of drug-likeness (QED) is 0.893. The smallest absolute Gasteiger partial charge is 0.224 e. The summed E-state index contributed by atoms with van der Waals surface area (Å²) >= 11 is 0. The molecule has 1 aromatic carbocycles. The zero-order chi connectivity index (χ0) is 14.7. The molecule has 2 aromatic rings. The van der Waals surface area contributed by atoms with E-state index >= 15 is 0 Å². The fourth-order valence-corrected chi connectivity index (χ4v) is 2.55. The summed E-state index contributed by atoms with van der Waals surface area (Å²) in [6.07, 6.45) is 2.42. The van der Waals surface area contributed by atoms with Gasteiger partial charge in [0.15, 0.2) is 5.82 Å². The van der Waals surface area contributed by atoms with Gasteiger partial charge in [-0.25, -0.2) is 0 Å². The predicted octanol–water partition coefficient (Wildman–Crippen LogP) is 1.09. The number of carbonyl (C=O) groups excluding carboxylic acids is 1. The molecule has 21 heavy (non-hydrogen) atoms. The molecule has 0 atom stereocenters. The molecular formula is C15H18N4O2. The third-order valence-corrected chi connectivity index (χ3v) is 3.63. The van der Waals surface area contributed by atoms with Crippen molar-refractivity contribution in [1.82, 2.24) is 20.1 Å². The van der Waals surface area contributed by atoms with Crippen LogP contribution in [0.4, 0.5) is 0 Å². The van der Waals surface area contributed by atoms with Crippen molar-refractivity contribution in [2.75, 3.05) is 7.11 Å². The van der Waals surface area contributed by atoms with Gasteiger partial charge in [0.25, 0.3) is 0 Å². The van der Waals surface area contributed by atoms with Crippen LogP contribution in [0.25, 0.3) is 0 Å². The lowest BCUT2D eigenvalue weighted by atomic mass is 10.1. The summed E-state index contributed by atoms with van der Waals surface area (Å²) in [5.41, 5.74) is 0.929. The summed E-state index contributed by atoms with van der Waals surface area (Å²) < 4.78 is 7.24. The number of carbonyl (C=O) groups is 1.